The Hall–Kier alpha value is -2.28. The summed E-state index contributed by atoms with van der Waals surface area (Å²) in [6.07, 6.45) is 1.57. The predicted octanol–water partition coefficient (Wildman–Crippen LogP) is 0.849. The van der Waals surface area contributed by atoms with E-state index in [4.69, 9.17) is 9.26 Å². The molecular formula is C12H14N4O3. The van der Waals surface area contributed by atoms with E-state index in [1.54, 1.807) is 19.4 Å². The van der Waals surface area contributed by atoms with Crippen LogP contribution in [0.1, 0.15) is 27.8 Å². The lowest BCUT2D eigenvalue weighted by Crippen LogP contribution is -2.24. The predicted molar refractivity (Wildman–Crippen MR) is 65.2 cm³/mol. The average molecular weight is 262 g/mol. The van der Waals surface area contributed by atoms with Crippen molar-refractivity contribution in [2.45, 2.75) is 20.1 Å². The molecule has 2 rings (SSSR count). The van der Waals surface area contributed by atoms with Crippen LogP contribution < -0.4 is 5.32 Å². The molecule has 2 heterocycles. The molecule has 0 unspecified atom stereocenters. The highest BCUT2D eigenvalue weighted by atomic mass is 16.5. The van der Waals surface area contributed by atoms with Crippen molar-refractivity contribution in [3.63, 3.8) is 0 Å². The first-order valence-corrected chi connectivity index (χ1v) is 5.71. The lowest BCUT2D eigenvalue weighted by molar-refractivity contribution is 0.0940. The third kappa shape index (κ3) is 3.35. The van der Waals surface area contributed by atoms with Crippen LogP contribution in [0.25, 0.3) is 0 Å². The summed E-state index contributed by atoms with van der Waals surface area (Å²) in [4.78, 5) is 20.0. The Morgan fingerprint density at radius 3 is 3.11 bits per heavy atom. The number of nitrogens with zero attached hydrogens (tertiary/aromatic N) is 3. The summed E-state index contributed by atoms with van der Waals surface area (Å²) in [5.41, 5.74) is 1.20. The lowest BCUT2D eigenvalue weighted by Gasteiger charge is -2.03. The first kappa shape index (κ1) is 13.2. The summed E-state index contributed by atoms with van der Waals surface area (Å²) in [5.74, 6) is 0.499. The van der Waals surface area contributed by atoms with Crippen LogP contribution in [0.15, 0.2) is 22.9 Å². The number of ether oxygens (including phenoxy) is 1. The molecule has 0 atom stereocenters. The number of amides is 1. The van der Waals surface area contributed by atoms with Gasteiger partial charge >= 0.3 is 0 Å². The Morgan fingerprint density at radius 1 is 1.53 bits per heavy atom. The highest BCUT2D eigenvalue weighted by Gasteiger charge is 2.12. The van der Waals surface area contributed by atoms with Gasteiger partial charge in [-0.1, -0.05) is 11.2 Å². The molecule has 0 aliphatic heterocycles. The Kier molecular flexibility index (Phi) is 4.19. The lowest BCUT2D eigenvalue weighted by atomic mass is 10.2. The topological polar surface area (TPSA) is 90.1 Å². The number of carbonyl (C=O) groups excluding carboxylic acids is 1. The van der Waals surface area contributed by atoms with Gasteiger partial charge in [0.25, 0.3) is 5.91 Å². The molecular weight excluding hydrogens is 248 g/mol. The Bertz CT molecular complexity index is 568. The van der Waals surface area contributed by atoms with E-state index in [1.807, 2.05) is 13.0 Å². The Morgan fingerprint density at radius 2 is 2.37 bits per heavy atom. The summed E-state index contributed by atoms with van der Waals surface area (Å²) < 4.78 is 9.83. The van der Waals surface area contributed by atoms with E-state index in [1.165, 1.54) is 0 Å². The van der Waals surface area contributed by atoms with Crippen LogP contribution in [-0.2, 0) is 17.9 Å². The third-order valence-corrected chi connectivity index (χ3v) is 2.41. The van der Waals surface area contributed by atoms with Crippen LogP contribution in [0.2, 0.25) is 0 Å². The van der Waals surface area contributed by atoms with E-state index in [0.29, 0.717) is 17.4 Å². The first-order chi connectivity index (χ1) is 9.20. The molecule has 1 amide bonds. The molecule has 2 aromatic rings. The second kappa shape index (κ2) is 6.05. The minimum atomic E-state index is -0.274. The van der Waals surface area contributed by atoms with Crippen LogP contribution in [0.5, 0.6) is 0 Å². The third-order valence-electron chi connectivity index (χ3n) is 2.41. The van der Waals surface area contributed by atoms with Gasteiger partial charge in [-0.05, 0) is 18.6 Å². The molecule has 0 radical (unpaired) electrons. The summed E-state index contributed by atoms with van der Waals surface area (Å²) in [6.45, 7) is 2.26. The summed E-state index contributed by atoms with van der Waals surface area (Å²) >= 11 is 0. The fourth-order valence-corrected chi connectivity index (χ4v) is 1.51. The fourth-order valence-electron chi connectivity index (χ4n) is 1.51. The van der Waals surface area contributed by atoms with Gasteiger partial charge < -0.3 is 14.6 Å². The number of aromatic nitrogens is 3. The van der Waals surface area contributed by atoms with Gasteiger partial charge in [0.2, 0.25) is 5.89 Å². The van der Waals surface area contributed by atoms with Gasteiger partial charge in [-0.25, -0.2) is 0 Å². The van der Waals surface area contributed by atoms with Gasteiger partial charge in [0.05, 0.1) is 6.54 Å². The Labute approximate surface area is 110 Å². The molecule has 19 heavy (non-hydrogen) atoms. The minimum Gasteiger partial charge on any atom is -0.377 e. The van der Waals surface area contributed by atoms with Gasteiger partial charge in [0.1, 0.15) is 12.3 Å². The molecule has 2 aromatic heterocycles. The van der Waals surface area contributed by atoms with Gasteiger partial charge in [-0.3, -0.25) is 9.78 Å². The van der Waals surface area contributed by atoms with Crippen molar-refractivity contribution < 1.29 is 14.1 Å². The van der Waals surface area contributed by atoms with Crippen molar-refractivity contribution in [3.05, 3.63) is 41.3 Å². The second-order valence-corrected chi connectivity index (χ2v) is 3.89. The van der Waals surface area contributed by atoms with Gasteiger partial charge in [0.15, 0.2) is 5.82 Å². The molecule has 0 saturated carbocycles. The number of hydrogen-bond acceptors (Lipinski definition) is 6. The quantitative estimate of drug-likeness (QED) is 0.859. The first-order valence-electron chi connectivity index (χ1n) is 5.71. The largest absolute Gasteiger partial charge is 0.377 e. The molecule has 100 valence electrons. The van der Waals surface area contributed by atoms with Crippen molar-refractivity contribution in [1.82, 2.24) is 20.4 Å². The molecule has 0 aliphatic rings. The zero-order valence-electron chi connectivity index (χ0n) is 10.7. The monoisotopic (exact) mass is 262 g/mol. The zero-order valence-corrected chi connectivity index (χ0v) is 10.7. The van der Waals surface area contributed by atoms with Crippen LogP contribution >= 0.6 is 0 Å². The van der Waals surface area contributed by atoms with E-state index in [2.05, 4.69) is 20.4 Å². The summed E-state index contributed by atoms with van der Waals surface area (Å²) in [7, 11) is 1.54. The summed E-state index contributed by atoms with van der Waals surface area (Å²) in [5, 5.41) is 6.37. The maximum atomic E-state index is 11.9. The zero-order chi connectivity index (χ0) is 13.7. The van der Waals surface area contributed by atoms with E-state index < -0.39 is 0 Å². The van der Waals surface area contributed by atoms with Crippen molar-refractivity contribution in [3.8, 4) is 0 Å². The highest BCUT2D eigenvalue weighted by molar-refractivity contribution is 5.93. The number of rotatable bonds is 5. The van der Waals surface area contributed by atoms with Gasteiger partial charge in [0, 0.05) is 13.3 Å². The van der Waals surface area contributed by atoms with Crippen molar-refractivity contribution >= 4 is 5.91 Å². The fraction of sp³-hybridized carbons (Fsp3) is 0.333. The SMILES string of the molecule is COCc1noc(CNC(=O)c2ncccc2C)n1. The summed E-state index contributed by atoms with van der Waals surface area (Å²) in [6, 6.07) is 3.60. The van der Waals surface area contributed by atoms with Crippen molar-refractivity contribution in [2.24, 2.45) is 0 Å². The number of aryl methyl sites for hydroxylation is 1. The molecule has 0 spiro atoms. The van der Waals surface area contributed by atoms with Gasteiger partial charge in [-0.2, -0.15) is 4.98 Å². The molecule has 0 aromatic carbocycles. The second-order valence-electron chi connectivity index (χ2n) is 3.89. The van der Waals surface area contributed by atoms with Crippen LogP contribution in [-0.4, -0.2) is 28.1 Å². The van der Waals surface area contributed by atoms with Crippen LogP contribution in [0.4, 0.5) is 0 Å². The Balaban J connectivity index is 1.95. The number of hydrogen-bond donors (Lipinski definition) is 1. The normalized spacial score (nSPS) is 10.4. The van der Waals surface area contributed by atoms with Gasteiger partial charge in [-0.15, -0.1) is 0 Å². The smallest absolute Gasteiger partial charge is 0.270 e. The molecule has 7 nitrogen and oxygen atoms in total. The van der Waals surface area contributed by atoms with Crippen molar-refractivity contribution in [2.75, 3.05) is 7.11 Å². The number of carbonyl (C=O) groups is 1. The number of nitrogens with one attached hydrogen (secondary N) is 1. The molecule has 7 heteroatoms. The van der Waals surface area contributed by atoms with E-state index in [-0.39, 0.29) is 19.1 Å². The van der Waals surface area contributed by atoms with Crippen LogP contribution in [0.3, 0.4) is 0 Å². The number of methoxy groups -OCH3 is 1. The van der Waals surface area contributed by atoms with Crippen molar-refractivity contribution in [1.29, 1.82) is 0 Å². The number of pyridine rings is 1. The molecule has 0 saturated heterocycles. The average Bonchev–Trinajstić information content (AvgIpc) is 2.85. The van der Waals surface area contributed by atoms with Crippen LogP contribution in [0, 0.1) is 6.92 Å². The van der Waals surface area contributed by atoms with E-state index >= 15 is 0 Å². The molecule has 0 bridgehead atoms. The molecule has 0 fully saturated rings. The van der Waals surface area contributed by atoms with E-state index in [9.17, 15) is 4.79 Å². The standard InChI is InChI=1S/C12H14N4O3/c1-8-4-3-5-13-11(8)12(17)14-6-10-15-9(7-18-2)16-19-10/h3-5H,6-7H2,1-2H3,(H,14,17). The van der Waals surface area contributed by atoms with E-state index in [0.717, 1.165) is 5.56 Å². The maximum Gasteiger partial charge on any atom is 0.270 e. The molecule has 0 aliphatic carbocycles. The highest BCUT2D eigenvalue weighted by Crippen LogP contribution is 2.04. The maximum absolute atomic E-state index is 11.9. The minimum absolute atomic E-state index is 0.158. The molecule has 1 N–H and O–H groups in total.